The summed E-state index contributed by atoms with van der Waals surface area (Å²) in [4.78, 5) is -0.674. The first-order chi connectivity index (χ1) is 7.16. The molecule has 0 radical (unpaired) electrons. The maximum Gasteiger partial charge on any atom is 1.00 e. The van der Waals surface area contributed by atoms with Crippen molar-refractivity contribution in [3.8, 4) is 5.75 Å². The third-order valence-corrected chi connectivity index (χ3v) is 2.80. The Kier molecular flexibility index (Phi) is 6.19. The molecule has 0 aromatic heterocycles. The van der Waals surface area contributed by atoms with Crippen LogP contribution >= 0.6 is 0 Å². The summed E-state index contributed by atoms with van der Waals surface area (Å²) < 4.78 is 63.8. The molecule has 1 aromatic carbocycles. The van der Waals surface area contributed by atoms with Crippen molar-refractivity contribution < 1.29 is 77.5 Å². The number of primary sulfonamides is 1. The molecule has 90 valence electrons. The molecule has 1 rings (SSSR count). The van der Waals surface area contributed by atoms with Crippen LogP contribution in [0.1, 0.15) is 0 Å². The smallest absolute Gasteiger partial charge is 0.495 e. The Bertz CT molecular complexity index is 506. The van der Waals surface area contributed by atoms with Crippen molar-refractivity contribution >= 4 is 22.5 Å². The van der Waals surface area contributed by atoms with Gasteiger partial charge in [-0.05, 0) is 6.07 Å². The van der Waals surface area contributed by atoms with Crippen LogP contribution in [0.5, 0.6) is 5.75 Å². The molecule has 0 saturated heterocycles. The van der Waals surface area contributed by atoms with Gasteiger partial charge in [-0.2, -0.15) is 0 Å². The van der Waals surface area contributed by atoms with Gasteiger partial charge in [-0.25, -0.2) is 13.6 Å². The van der Waals surface area contributed by atoms with Gasteiger partial charge in [0.15, 0.2) is 0 Å². The van der Waals surface area contributed by atoms with E-state index < -0.39 is 27.4 Å². The number of methoxy groups -OCH3 is 1. The number of benzene rings is 1. The van der Waals surface area contributed by atoms with Crippen LogP contribution in [0.2, 0.25) is 0 Å². The molecule has 0 spiro atoms. The monoisotopic (exact) mass is 293 g/mol. The Morgan fingerprint density at radius 3 is 2.18 bits per heavy atom. The van der Waals surface area contributed by atoms with Crippen LogP contribution in [0, 0.1) is 0 Å². The van der Waals surface area contributed by atoms with Crippen LogP contribution in [-0.2, 0) is 10.0 Å². The van der Waals surface area contributed by atoms with Gasteiger partial charge in [-0.15, -0.1) is 5.46 Å². The minimum absolute atomic E-state index is 0. The Morgan fingerprint density at radius 2 is 1.82 bits per heavy atom. The number of hydrogen-bond donors (Lipinski definition) is 1. The maximum atomic E-state index is 12.4. The summed E-state index contributed by atoms with van der Waals surface area (Å²) in [5.41, 5.74) is -1.04. The van der Waals surface area contributed by atoms with E-state index in [4.69, 9.17) is 5.14 Å². The van der Waals surface area contributed by atoms with Crippen molar-refractivity contribution in [1.29, 1.82) is 0 Å². The van der Waals surface area contributed by atoms with Gasteiger partial charge in [-0.1, -0.05) is 12.1 Å². The van der Waals surface area contributed by atoms with Crippen LogP contribution in [0.4, 0.5) is 12.9 Å². The fourth-order valence-corrected chi connectivity index (χ4v) is 1.85. The fraction of sp³-hybridized carbons (Fsp3) is 0.143. The van der Waals surface area contributed by atoms with E-state index in [1.165, 1.54) is 0 Å². The fourth-order valence-electron chi connectivity index (χ4n) is 1.12. The van der Waals surface area contributed by atoms with E-state index in [0.29, 0.717) is 6.07 Å². The molecule has 0 bridgehead atoms. The van der Waals surface area contributed by atoms with Crippen molar-refractivity contribution in [2.45, 2.75) is 4.90 Å². The number of sulfonamides is 1. The van der Waals surface area contributed by atoms with Crippen LogP contribution in [0.3, 0.4) is 0 Å². The molecule has 10 heteroatoms. The second-order valence-corrected chi connectivity index (χ2v) is 4.56. The Hall–Kier alpha value is 0.421. The first kappa shape index (κ1) is 17.4. The molecule has 0 aliphatic rings. The molecule has 4 nitrogen and oxygen atoms in total. The van der Waals surface area contributed by atoms with Gasteiger partial charge in [0.25, 0.3) is 0 Å². The number of ether oxygens (including phenoxy) is 1. The summed E-state index contributed by atoms with van der Waals surface area (Å²) in [5, 5.41) is 4.78. The third-order valence-electron chi connectivity index (χ3n) is 1.87. The molecule has 2 N–H and O–H groups in total. The quantitative estimate of drug-likeness (QED) is 0.621. The van der Waals surface area contributed by atoms with E-state index in [1.54, 1.807) is 0 Å². The standard InChI is InChI=1S/C7H8BF3NO3S.K/c1-15-6-3-2-5(8(9,10)11)4-7(6)16(12,13)14;/h2-4H,1H3,(H2,12,13,14);/q-1;+1. The van der Waals surface area contributed by atoms with Gasteiger partial charge in [0.1, 0.15) is 10.6 Å². The summed E-state index contributed by atoms with van der Waals surface area (Å²) in [6, 6.07) is 2.13. The second-order valence-electron chi connectivity index (χ2n) is 3.03. The number of rotatable bonds is 3. The van der Waals surface area contributed by atoms with Gasteiger partial charge in [0, 0.05) is 0 Å². The molecule has 17 heavy (non-hydrogen) atoms. The van der Waals surface area contributed by atoms with E-state index in [0.717, 1.165) is 19.2 Å². The van der Waals surface area contributed by atoms with Gasteiger partial charge in [0.05, 0.1) is 7.11 Å². The normalized spacial score (nSPS) is 11.8. The summed E-state index contributed by atoms with van der Waals surface area (Å²) in [6.07, 6.45) is 0. The SMILES string of the molecule is COc1ccc([B-](F)(F)F)cc1S(N)(=O)=O.[K+]. The van der Waals surface area contributed by atoms with Crippen molar-refractivity contribution in [3.63, 3.8) is 0 Å². The van der Waals surface area contributed by atoms with Crippen LogP contribution < -0.4 is 66.7 Å². The van der Waals surface area contributed by atoms with E-state index >= 15 is 0 Å². The zero-order chi connectivity index (χ0) is 12.6. The van der Waals surface area contributed by atoms with Gasteiger partial charge in [-0.3, -0.25) is 0 Å². The summed E-state index contributed by atoms with van der Waals surface area (Å²) >= 11 is 0. The molecule has 0 aliphatic heterocycles. The zero-order valence-electron chi connectivity index (χ0n) is 9.15. The van der Waals surface area contributed by atoms with Gasteiger partial charge >= 0.3 is 58.4 Å². The van der Waals surface area contributed by atoms with E-state index in [-0.39, 0.29) is 57.1 Å². The van der Waals surface area contributed by atoms with Crippen molar-refractivity contribution in [3.05, 3.63) is 18.2 Å². The Morgan fingerprint density at radius 1 is 1.29 bits per heavy atom. The topological polar surface area (TPSA) is 69.4 Å². The van der Waals surface area contributed by atoms with Crippen LogP contribution in [-0.4, -0.2) is 22.5 Å². The van der Waals surface area contributed by atoms with E-state index in [1.807, 2.05) is 0 Å². The first-order valence-electron chi connectivity index (χ1n) is 4.07. The average molecular weight is 293 g/mol. The van der Waals surface area contributed by atoms with Gasteiger partial charge in [0.2, 0.25) is 10.0 Å². The minimum atomic E-state index is -5.27. The predicted octanol–water partition coefficient (Wildman–Crippen LogP) is -2.60. The molecule has 0 fully saturated rings. The second kappa shape index (κ2) is 6.04. The summed E-state index contributed by atoms with van der Waals surface area (Å²) in [5.74, 6) is -0.216. The molecule has 0 unspecified atom stereocenters. The van der Waals surface area contributed by atoms with Gasteiger partial charge < -0.3 is 17.7 Å². The number of nitrogens with two attached hydrogens (primary N) is 1. The molecular weight excluding hydrogens is 285 g/mol. The van der Waals surface area contributed by atoms with Crippen molar-refractivity contribution in [2.75, 3.05) is 7.11 Å². The largest absolute Gasteiger partial charge is 1.00 e. The summed E-state index contributed by atoms with van der Waals surface area (Å²) in [7, 11) is -3.10. The summed E-state index contributed by atoms with van der Waals surface area (Å²) in [6.45, 7) is -5.27. The Labute approximate surface area is 139 Å². The zero-order valence-corrected chi connectivity index (χ0v) is 13.1. The van der Waals surface area contributed by atoms with E-state index in [9.17, 15) is 21.4 Å². The maximum absolute atomic E-state index is 12.4. The number of halogens is 3. The van der Waals surface area contributed by atoms with Crippen LogP contribution in [0.15, 0.2) is 23.1 Å². The first-order valence-corrected chi connectivity index (χ1v) is 5.61. The molecule has 0 aliphatic carbocycles. The number of hydrogen-bond acceptors (Lipinski definition) is 3. The van der Waals surface area contributed by atoms with E-state index in [2.05, 4.69) is 4.74 Å². The van der Waals surface area contributed by atoms with Crippen molar-refractivity contribution in [2.24, 2.45) is 5.14 Å². The molecule has 0 heterocycles. The molecule has 1 aromatic rings. The predicted molar refractivity (Wildman–Crippen MR) is 53.1 cm³/mol. The van der Waals surface area contributed by atoms with Crippen LogP contribution in [0.25, 0.3) is 0 Å². The van der Waals surface area contributed by atoms with Crippen molar-refractivity contribution in [1.82, 2.24) is 0 Å². The molecule has 0 atom stereocenters. The average Bonchev–Trinajstić information content (AvgIpc) is 2.14. The Balaban J connectivity index is 0.00000256. The molecule has 0 saturated carbocycles. The third kappa shape index (κ3) is 4.54. The molecular formula is C7H8BF3KNO3S. The molecule has 0 amide bonds. The minimum Gasteiger partial charge on any atom is -0.495 e.